The van der Waals surface area contributed by atoms with Gasteiger partial charge in [0.1, 0.15) is 0 Å². The predicted molar refractivity (Wildman–Crippen MR) is 85.9 cm³/mol. The summed E-state index contributed by atoms with van der Waals surface area (Å²) >= 11 is 0. The smallest absolute Gasteiger partial charge is 0.257 e. The zero-order valence-electron chi connectivity index (χ0n) is 14.3. The van der Waals surface area contributed by atoms with Crippen molar-refractivity contribution in [1.29, 1.82) is 0 Å². The highest BCUT2D eigenvalue weighted by Crippen LogP contribution is 2.26. The van der Waals surface area contributed by atoms with Crippen molar-refractivity contribution in [2.45, 2.75) is 27.3 Å². The van der Waals surface area contributed by atoms with Gasteiger partial charge in [-0.2, -0.15) is 5.10 Å². The Bertz CT molecular complexity index is 538. The number of carbonyl (C=O) groups is 1. The number of carbonyl (C=O) groups excluding carboxylic acids is 1. The van der Waals surface area contributed by atoms with Crippen LogP contribution in [0.25, 0.3) is 0 Å². The van der Waals surface area contributed by atoms with Crippen LogP contribution in [0.3, 0.4) is 0 Å². The maximum atomic E-state index is 12.9. The van der Waals surface area contributed by atoms with E-state index in [1.165, 1.54) is 0 Å². The second-order valence-electron chi connectivity index (χ2n) is 6.54. The summed E-state index contributed by atoms with van der Waals surface area (Å²) < 4.78 is 1.87. The summed E-state index contributed by atoms with van der Waals surface area (Å²) in [5.41, 5.74) is 2.45. The van der Waals surface area contributed by atoms with Crippen LogP contribution >= 0.6 is 0 Å². The molecule has 124 valence electrons. The van der Waals surface area contributed by atoms with Crippen LogP contribution in [0.1, 0.15) is 28.7 Å². The van der Waals surface area contributed by atoms with Crippen LogP contribution in [-0.2, 0) is 6.54 Å². The molecule has 0 radical (unpaired) electrons. The number of likely N-dealkylation sites (tertiary alicyclic amines) is 1. The maximum absolute atomic E-state index is 12.9. The van der Waals surface area contributed by atoms with Crippen molar-refractivity contribution in [3.8, 4) is 0 Å². The van der Waals surface area contributed by atoms with Crippen LogP contribution in [0.4, 0.5) is 0 Å². The van der Waals surface area contributed by atoms with Crippen molar-refractivity contribution in [2.75, 3.05) is 40.3 Å². The molecule has 1 aliphatic heterocycles. The van der Waals surface area contributed by atoms with Crippen LogP contribution in [-0.4, -0.2) is 70.9 Å². The molecule has 0 spiro atoms. The minimum Gasteiger partial charge on any atom is -0.396 e. The molecule has 2 unspecified atom stereocenters. The molecule has 2 rings (SSSR count). The summed E-state index contributed by atoms with van der Waals surface area (Å²) in [7, 11) is 4.05. The van der Waals surface area contributed by atoms with Gasteiger partial charge in [0.15, 0.2) is 0 Å². The van der Waals surface area contributed by atoms with Crippen LogP contribution in [0.15, 0.2) is 0 Å². The minimum absolute atomic E-state index is 0.0504. The number of hydrogen-bond donors (Lipinski definition) is 1. The summed E-state index contributed by atoms with van der Waals surface area (Å²) in [6, 6.07) is 0. The van der Waals surface area contributed by atoms with E-state index >= 15 is 0 Å². The fourth-order valence-corrected chi connectivity index (χ4v) is 3.46. The first-order chi connectivity index (χ1) is 10.4. The number of nitrogens with zero attached hydrogens (tertiary/aromatic N) is 4. The van der Waals surface area contributed by atoms with Gasteiger partial charge in [0.2, 0.25) is 0 Å². The number of aliphatic hydroxyl groups is 1. The van der Waals surface area contributed by atoms with Crippen molar-refractivity contribution in [3.63, 3.8) is 0 Å². The molecule has 1 saturated heterocycles. The molecule has 2 heterocycles. The zero-order valence-corrected chi connectivity index (χ0v) is 14.3. The van der Waals surface area contributed by atoms with Crippen LogP contribution in [0.5, 0.6) is 0 Å². The summed E-state index contributed by atoms with van der Waals surface area (Å²) in [5.74, 6) is 0.536. The highest BCUT2D eigenvalue weighted by molar-refractivity contribution is 5.96. The summed E-state index contributed by atoms with van der Waals surface area (Å²) in [6.45, 7) is 9.00. The van der Waals surface area contributed by atoms with Crippen molar-refractivity contribution < 1.29 is 9.90 Å². The summed E-state index contributed by atoms with van der Waals surface area (Å²) in [5, 5.41) is 14.0. The van der Waals surface area contributed by atoms with Gasteiger partial charge in [-0.1, -0.05) is 0 Å². The average Bonchev–Trinajstić information content (AvgIpc) is 2.98. The number of aromatic nitrogens is 2. The Labute approximate surface area is 132 Å². The quantitative estimate of drug-likeness (QED) is 0.872. The molecule has 0 aliphatic carbocycles. The second kappa shape index (κ2) is 6.79. The Morgan fingerprint density at radius 3 is 2.45 bits per heavy atom. The Morgan fingerprint density at radius 1 is 1.32 bits per heavy atom. The standard InChI is InChI=1S/C16H28N4O2/c1-6-20-12(3)15(11(2)17-20)16(22)19-8-13(7-18(4)5)14(9-19)10-21/h13-14,21H,6-10H2,1-5H3. The largest absolute Gasteiger partial charge is 0.396 e. The first kappa shape index (κ1) is 17.0. The van der Waals surface area contributed by atoms with Gasteiger partial charge in [-0.25, -0.2) is 0 Å². The number of aliphatic hydroxyl groups excluding tert-OH is 1. The lowest BCUT2D eigenvalue weighted by molar-refractivity contribution is 0.0778. The lowest BCUT2D eigenvalue weighted by Crippen LogP contribution is -2.31. The molecular weight excluding hydrogens is 280 g/mol. The summed E-state index contributed by atoms with van der Waals surface area (Å²) in [4.78, 5) is 16.9. The molecular formula is C16H28N4O2. The van der Waals surface area contributed by atoms with Crippen molar-refractivity contribution in [3.05, 3.63) is 17.0 Å². The Kier molecular flexibility index (Phi) is 5.24. The first-order valence-electron chi connectivity index (χ1n) is 7.97. The van der Waals surface area contributed by atoms with Crippen molar-refractivity contribution in [1.82, 2.24) is 19.6 Å². The van der Waals surface area contributed by atoms with Crippen molar-refractivity contribution in [2.24, 2.45) is 11.8 Å². The van der Waals surface area contributed by atoms with Gasteiger partial charge in [0.25, 0.3) is 5.91 Å². The second-order valence-corrected chi connectivity index (χ2v) is 6.54. The third kappa shape index (κ3) is 3.17. The lowest BCUT2D eigenvalue weighted by atomic mass is 9.97. The number of aryl methyl sites for hydroxylation is 2. The zero-order chi connectivity index (χ0) is 16.4. The van der Waals surface area contributed by atoms with Gasteiger partial charge >= 0.3 is 0 Å². The van der Waals surface area contributed by atoms with Gasteiger partial charge in [-0.15, -0.1) is 0 Å². The Morgan fingerprint density at radius 2 is 1.95 bits per heavy atom. The van der Waals surface area contributed by atoms with E-state index in [0.29, 0.717) is 19.0 Å². The fraction of sp³-hybridized carbons (Fsp3) is 0.750. The highest BCUT2D eigenvalue weighted by atomic mass is 16.3. The number of amides is 1. The normalized spacial score (nSPS) is 21.9. The van der Waals surface area contributed by atoms with E-state index in [-0.39, 0.29) is 18.4 Å². The maximum Gasteiger partial charge on any atom is 0.257 e. The third-order valence-electron chi connectivity index (χ3n) is 4.59. The van der Waals surface area contributed by atoms with Crippen LogP contribution in [0, 0.1) is 25.7 Å². The molecule has 0 aromatic carbocycles. The summed E-state index contributed by atoms with van der Waals surface area (Å²) in [6.07, 6.45) is 0. The van der Waals surface area contributed by atoms with E-state index in [9.17, 15) is 9.90 Å². The molecule has 2 atom stereocenters. The van der Waals surface area contributed by atoms with E-state index in [1.807, 2.05) is 44.4 Å². The molecule has 1 amide bonds. The fourth-order valence-electron chi connectivity index (χ4n) is 3.46. The molecule has 1 fully saturated rings. The molecule has 1 aromatic heterocycles. The van der Waals surface area contributed by atoms with Crippen LogP contribution in [0.2, 0.25) is 0 Å². The molecule has 1 aliphatic rings. The first-order valence-corrected chi connectivity index (χ1v) is 7.97. The molecule has 6 heteroatoms. The molecule has 0 bridgehead atoms. The topological polar surface area (TPSA) is 61.6 Å². The Balaban J connectivity index is 2.19. The van der Waals surface area contributed by atoms with Gasteiger partial charge in [-0.05, 0) is 40.8 Å². The van der Waals surface area contributed by atoms with E-state index in [4.69, 9.17) is 0 Å². The predicted octanol–water partition coefficient (Wildman–Crippen LogP) is 0.762. The number of hydrogen-bond acceptors (Lipinski definition) is 4. The van der Waals surface area contributed by atoms with Crippen LogP contribution < -0.4 is 0 Å². The molecule has 1 N–H and O–H groups in total. The van der Waals surface area contributed by atoms with Gasteiger partial charge in [0, 0.05) is 44.4 Å². The van der Waals surface area contributed by atoms with E-state index in [2.05, 4.69) is 10.00 Å². The number of rotatable bonds is 5. The SMILES string of the molecule is CCn1nc(C)c(C(=O)N2CC(CO)C(CN(C)C)C2)c1C. The van der Waals surface area contributed by atoms with Crippen molar-refractivity contribution >= 4 is 5.91 Å². The molecule has 22 heavy (non-hydrogen) atoms. The lowest BCUT2D eigenvalue weighted by Gasteiger charge is -2.20. The molecule has 0 saturated carbocycles. The highest BCUT2D eigenvalue weighted by Gasteiger charge is 2.36. The van der Waals surface area contributed by atoms with Gasteiger partial charge in [0.05, 0.1) is 11.3 Å². The van der Waals surface area contributed by atoms with E-state index in [0.717, 1.165) is 30.0 Å². The van der Waals surface area contributed by atoms with E-state index < -0.39 is 0 Å². The third-order valence-corrected chi connectivity index (χ3v) is 4.59. The van der Waals surface area contributed by atoms with Gasteiger partial charge < -0.3 is 14.9 Å². The minimum atomic E-state index is 0.0504. The van der Waals surface area contributed by atoms with Gasteiger partial charge in [-0.3, -0.25) is 9.48 Å². The molecule has 6 nitrogen and oxygen atoms in total. The average molecular weight is 308 g/mol. The Hall–Kier alpha value is -1.40. The van der Waals surface area contributed by atoms with E-state index in [1.54, 1.807) is 0 Å². The molecule has 1 aromatic rings. The monoisotopic (exact) mass is 308 g/mol.